The van der Waals surface area contributed by atoms with Crippen molar-refractivity contribution < 1.29 is 8.78 Å². The quantitative estimate of drug-likeness (QED) is 0.860. The lowest BCUT2D eigenvalue weighted by atomic mass is 10.1. The van der Waals surface area contributed by atoms with Gasteiger partial charge in [-0.3, -0.25) is 4.90 Å². The second-order valence-corrected chi connectivity index (χ2v) is 5.41. The van der Waals surface area contributed by atoms with Crippen LogP contribution in [0, 0.1) is 11.6 Å². The van der Waals surface area contributed by atoms with Crippen molar-refractivity contribution >= 4 is 17.2 Å². The van der Waals surface area contributed by atoms with Crippen molar-refractivity contribution in [3.63, 3.8) is 0 Å². The predicted octanol–water partition coefficient (Wildman–Crippen LogP) is 3.23. The Balaban J connectivity index is 2.08. The topological polar surface area (TPSA) is 29.3 Å². The Morgan fingerprint density at radius 3 is 2.38 bits per heavy atom. The largest absolute Gasteiger partial charge is 0.389 e. The van der Waals surface area contributed by atoms with E-state index in [0.717, 1.165) is 5.56 Å². The van der Waals surface area contributed by atoms with E-state index in [2.05, 4.69) is 0 Å². The fourth-order valence-corrected chi connectivity index (χ4v) is 2.22. The maximum absolute atomic E-state index is 13.8. The van der Waals surface area contributed by atoms with Crippen molar-refractivity contribution in [1.29, 1.82) is 0 Å². The van der Waals surface area contributed by atoms with Gasteiger partial charge in [0.25, 0.3) is 0 Å². The number of rotatable bonds is 5. The Bertz CT molecular complexity index is 641. The molecular weight excluding hydrogens is 290 g/mol. The van der Waals surface area contributed by atoms with E-state index in [9.17, 15) is 8.78 Å². The first-order chi connectivity index (χ1) is 9.95. The van der Waals surface area contributed by atoms with Crippen LogP contribution in [0.5, 0.6) is 0 Å². The summed E-state index contributed by atoms with van der Waals surface area (Å²) in [6, 6.07) is 10.9. The van der Waals surface area contributed by atoms with Crippen molar-refractivity contribution in [3.05, 3.63) is 70.8 Å². The number of hydrogen-bond acceptors (Lipinski definition) is 2. The molecule has 0 aliphatic rings. The Labute approximate surface area is 128 Å². The molecule has 0 saturated carbocycles. The molecule has 2 aromatic rings. The maximum Gasteiger partial charge on any atom is 0.127 e. The first-order valence-corrected chi connectivity index (χ1v) is 6.88. The van der Waals surface area contributed by atoms with Gasteiger partial charge in [-0.15, -0.1) is 0 Å². The summed E-state index contributed by atoms with van der Waals surface area (Å²) in [5, 5.41) is 0. The Morgan fingerprint density at radius 1 is 1.10 bits per heavy atom. The van der Waals surface area contributed by atoms with Gasteiger partial charge in [0, 0.05) is 24.2 Å². The average molecular weight is 306 g/mol. The highest BCUT2D eigenvalue weighted by molar-refractivity contribution is 7.80. The Hall–Kier alpha value is -1.85. The summed E-state index contributed by atoms with van der Waals surface area (Å²) in [5.74, 6) is -0.558. The van der Waals surface area contributed by atoms with Crippen LogP contribution in [0.2, 0.25) is 0 Å². The molecule has 0 aromatic heterocycles. The lowest BCUT2D eigenvalue weighted by Gasteiger charge is -2.17. The summed E-state index contributed by atoms with van der Waals surface area (Å²) >= 11 is 4.90. The Morgan fingerprint density at radius 2 is 1.76 bits per heavy atom. The predicted molar refractivity (Wildman–Crippen MR) is 83.9 cm³/mol. The van der Waals surface area contributed by atoms with Crippen LogP contribution in [0.15, 0.2) is 42.5 Å². The third-order valence-corrected chi connectivity index (χ3v) is 3.37. The number of thiocarbonyl (C=S) groups is 1. The number of nitrogens with two attached hydrogens (primary N) is 1. The molecule has 0 amide bonds. The van der Waals surface area contributed by atoms with Gasteiger partial charge in [-0.1, -0.05) is 24.4 Å². The van der Waals surface area contributed by atoms with Gasteiger partial charge in [-0.25, -0.2) is 8.78 Å². The number of nitrogens with zero attached hydrogens (tertiary/aromatic N) is 1. The Kier molecular flexibility index (Phi) is 4.98. The first kappa shape index (κ1) is 15.5. The van der Waals surface area contributed by atoms with Gasteiger partial charge in [-0.05, 0) is 42.9 Å². The van der Waals surface area contributed by atoms with Crippen LogP contribution >= 0.6 is 12.2 Å². The van der Waals surface area contributed by atoms with Gasteiger partial charge in [-0.2, -0.15) is 0 Å². The molecule has 2 rings (SSSR count). The SMILES string of the molecule is CN(Cc1ccc(F)cc1)Cc1cc(C(N)=S)ccc1F. The summed E-state index contributed by atoms with van der Waals surface area (Å²) < 4.78 is 26.7. The number of hydrogen-bond donors (Lipinski definition) is 1. The highest BCUT2D eigenvalue weighted by atomic mass is 32.1. The van der Waals surface area contributed by atoms with E-state index in [4.69, 9.17) is 18.0 Å². The second kappa shape index (κ2) is 6.74. The normalized spacial score (nSPS) is 10.9. The minimum atomic E-state index is -0.291. The molecule has 0 radical (unpaired) electrons. The van der Waals surface area contributed by atoms with Gasteiger partial charge in [0.1, 0.15) is 16.6 Å². The van der Waals surface area contributed by atoms with Crippen LogP contribution in [0.3, 0.4) is 0 Å². The van der Waals surface area contributed by atoms with Gasteiger partial charge in [0.05, 0.1) is 0 Å². The van der Waals surface area contributed by atoms with Gasteiger partial charge >= 0.3 is 0 Å². The molecule has 0 spiro atoms. The fourth-order valence-electron chi connectivity index (χ4n) is 2.10. The van der Waals surface area contributed by atoms with E-state index in [1.807, 2.05) is 11.9 Å². The molecule has 2 aromatic carbocycles. The molecule has 0 aliphatic heterocycles. The van der Waals surface area contributed by atoms with Crippen LogP contribution in [-0.2, 0) is 13.1 Å². The molecule has 0 bridgehead atoms. The van der Waals surface area contributed by atoms with Crippen molar-refractivity contribution in [2.45, 2.75) is 13.1 Å². The summed E-state index contributed by atoms with van der Waals surface area (Å²) in [7, 11) is 1.87. The van der Waals surface area contributed by atoms with Crippen LogP contribution < -0.4 is 5.73 Å². The highest BCUT2D eigenvalue weighted by Gasteiger charge is 2.09. The lowest BCUT2D eigenvalue weighted by molar-refractivity contribution is 0.313. The molecule has 0 unspecified atom stereocenters. The molecule has 0 fully saturated rings. The molecule has 0 heterocycles. The average Bonchev–Trinajstić information content (AvgIpc) is 2.43. The van der Waals surface area contributed by atoms with Crippen molar-refractivity contribution in [2.75, 3.05) is 7.05 Å². The van der Waals surface area contributed by atoms with E-state index in [0.29, 0.717) is 24.2 Å². The van der Waals surface area contributed by atoms with Crippen LogP contribution in [-0.4, -0.2) is 16.9 Å². The summed E-state index contributed by atoms with van der Waals surface area (Å²) in [6.07, 6.45) is 0. The van der Waals surface area contributed by atoms with E-state index in [1.54, 1.807) is 24.3 Å². The van der Waals surface area contributed by atoms with Crippen LogP contribution in [0.25, 0.3) is 0 Å². The van der Waals surface area contributed by atoms with Crippen molar-refractivity contribution in [1.82, 2.24) is 4.90 Å². The zero-order valence-corrected chi connectivity index (χ0v) is 12.5. The highest BCUT2D eigenvalue weighted by Crippen LogP contribution is 2.14. The summed E-state index contributed by atoms with van der Waals surface area (Å²) in [6.45, 7) is 1.01. The van der Waals surface area contributed by atoms with Crippen molar-refractivity contribution in [3.8, 4) is 0 Å². The third-order valence-electron chi connectivity index (χ3n) is 3.14. The lowest BCUT2D eigenvalue weighted by Crippen LogP contribution is -2.19. The smallest absolute Gasteiger partial charge is 0.127 e. The van der Waals surface area contributed by atoms with Crippen LogP contribution in [0.4, 0.5) is 8.78 Å². The molecule has 5 heteroatoms. The molecule has 110 valence electrons. The second-order valence-electron chi connectivity index (χ2n) is 4.97. The third kappa shape index (κ3) is 4.31. The molecule has 0 saturated heterocycles. The molecule has 0 atom stereocenters. The van der Waals surface area contributed by atoms with E-state index < -0.39 is 0 Å². The minimum Gasteiger partial charge on any atom is -0.389 e. The van der Waals surface area contributed by atoms with E-state index in [-0.39, 0.29) is 16.6 Å². The van der Waals surface area contributed by atoms with Gasteiger partial charge in [0.2, 0.25) is 0 Å². The standard InChI is InChI=1S/C16H16F2N2S/c1-20(9-11-2-5-14(17)6-3-11)10-13-8-12(16(19)21)4-7-15(13)18/h2-8H,9-10H2,1H3,(H2,19,21). The zero-order valence-electron chi connectivity index (χ0n) is 11.6. The van der Waals surface area contributed by atoms with Crippen molar-refractivity contribution in [2.24, 2.45) is 5.73 Å². The molecule has 0 aliphatic carbocycles. The minimum absolute atomic E-state index is 0.248. The molecule has 21 heavy (non-hydrogen) atoms. The molecular formula is C16H16F2N2S. The zero-order chi connectivity index (χ0) is 15.4. The summed E-state index contributed by atoms with van der Waals surface area (Å²) in [5.41, 5.74) is 7.71. The van der Waals surface area contributed by atoms with E-state index >= 15 is 0 Å². The summed E-state index contributed by atoms with van der Waals surface area (Å²) in [4.78, 5) is 2.19. The molecule has 2 N–H and O–H groups in total. The fraction of sp³-hybridized carbons (Fsp3) is 0.188. The molecule has 2 nitrogen and oxygen atoms in total. The number of halogens is 2. The van der Waals surface area contributed by atoms with E-state index in [1.165, 1.54) is 18.2 Å². The van der Waals surface area contributed by atoms with Crippen LogP contribution in [0.1, 0.15) is 16.7 Å². The van der Waals surface area contributed by atoms with Gasteiger partial charge < -0.3 is 5.73 Å². The monoisotopic (exact) mass is 306 g/mol. The number of benzene rings is 2. The first-order valence-electron chi connectivity index (χ1n) is 6.47. The maximum atomic E-state index is 13.8. The van der Waals surface area contributed by atoms with Gasteiger partial charge in [0.15, 0.2) is 0 Å².